The number of carbonyl (C=O) groups is 2. The van der Waals surface area contributed by atoms with E-state index in [1.54, 1.807) is 0 Å². The average molecular weight is 224 g/mol. The van der Waals surface area contributed by atoms with E-state index in [0.717, 1.165) is 13.0 Å². The van der Waals surface area contributed by atoms with Crippen molar-refractivity contribution in [3.8, 4) is 12.3 Å². The van der Waals surface area contributed by atoms with Crippen LogP contribution in [-0.4, -0.2) is 48.1 Å². The highest BCUT2D eigenvalue weighted by Crippen LogP contribution is 2.15. The van der Waals surface area contributed by atoms with Gasteiger partial charge < -0.3 is 10.4 Å². The predicted molar refractivity (Wildman–Crippen MR) is 58.6 cm³/mol. The highest BCUT2D eigenvalue weighted by Gasteiger charge is 2.26. The van der Waals surface area contributed by atoms with Crippen LogP contribution >= 0.6 is 0 Å². The predicted octanol–water partition coefficient (Wildman–Crippen LogP) is -0.468. The molecule has 1 aliphatic rings. The summed E-state index contributed by atoms with van der Waals surface area (Å²) in [4.78, 5) is 24.0. The monoisotopic (exact) mass is 224 g/mol. The first-order chi connectivity index (χ1) is 7.63. The number of piperidine rings is 1. The quantitative estimate of drug-likeness (QED) is 0.634. The van der Waals surface area contributed by atoms with Crippen LogP contribution in [0.25, 0.3) is 0 Å². The minimum absolute atomic E-state index is 0.149. The summed E-state index contributed by atoms with van der Waals surface area (Å²) in [7, 11) is 0. The van der Waals surface area contributed by atoms with Crippen LogP contribution in [0.15, 0.2) is 0 Å². The fraction of sp³-hybridized carbons (Fsp3) is 0.636. The number of aliphatic carboxylic acids is 1. The van der Waals surface area contributed by atoms with E-state index in [-0.39, 0.29) is 24.9 Å². The largest absolute Gasteiger partial charge is 0.481 e. The van der Waals surface area contributed by atoms with Gasteiger partial charge in [-0.15, -0.1) is 6.42 Å². The molecule has 0 aliphatic carbocycles. The molecular formula is C11H16N2O3. The summed E-state index contributed by atoms with van der Waals surface area (Å²) in [6, 6.07) is 0. The first kappa shape index (κ1) is 12.5. The summed E-state index contributed by atoms with van der Waals surface area (Å²) in [5.41, 5.74) is 0. The van der Waals surface area contributed by atoms with Crippen LogP contribution in [0.2, 0.25) is 0 Å². The van der Waals surface area contributed by atoms with Gasteiger partial charge in [-0.05, 0) is 19.4 Å². The van der Waals surface area contributed by atoms with Crippen LogP contribution < -0.4 is 5.32 Å². The molecule has 1 aliphatic heterocycles. The number of rotatable bonds is 4. The Bertz CT molecular complexity index is 309. The third-order valence-electron chi connectivity index (χ3n) is 2.61. The van der Waals surface area contributed by atoms with Crippen molar-refractivity contribution < 1.29 is 14.7 Å². The molecule has 1 atom stereocenters. The van der Waals surface area contributed by atoms with Crippen molar-refractivity contribution in [3.63, 3.8) is 0 Å². The molecule has 0 aromatic rings. The number of amides is 1. The van der Waals surface area contributed by atoms with Crippen LogP contribution in [0.1, 0.15) is 12.8 Å². The lowest BCUT2D eigenvalue weighted by Gasteiger charge is -2.29. The maximum Gasteiger partial charge on any atom is 0.307 e. The second-order valence-corrected chi connectivity index (χ2v) is 3.89. The van der Waals surface area contributed by atoms with E-state index in [1.807, 2.05) is 4.90 Å². The summed E-state index contributed by atoms with van der Waals surface area (Å²) >= 11 is 0. The maximum absolute atomic E-state index is 11.4. The molecule has 0 aromatic heterocycles. The number of likely N-dealkylation sites (tertiary alicyclic amines) is 1. The fourth-order valence-corrected chi connectivity index (χ4v) is 1.81. The van der Waals surface area contributed by atoms with Crippen LogP contribution in [0.4, 0.5) is 0 Å². The lowest BCUT2D eigenvalue weighted by atomic mass is 9.98. The van der Waals surface area contributed by atoms with Gasteiger partial charge in [-0.3, -0.25) is 14.5 Å². The smallest absolute Gasteiger partial charge is 0.307 e. The van der Waals surface area contributed by atoms with Crippen molar-refractivity contribution in [2.24, 2.45) is 5.92 Å². The Labute approximate surface area is 94.8 Å². The normalized spacial score (nSPS) is 21.1. The molecule has 5 nitrogen and oxygen atoms in total. The van der Waals surface area contributed by atoms with Crippen molar-refractivity contribution >= 4 is 11.9 Å². The van der Waals surface area contributed by atoms with E-state index in [1.165, 1.54) is 0 Å². The number of carboxylic acids is 1. The number of nitrogens with one attached hydrogen (secondary N) is 1. The van der Waals surface area contributed by atoms with E-state index < -0.39 is 5.97 Å². The molecule has 1 amide bonds. The fourth-order valence-electron chi connectivity index (χ4n) is 1.81. The van der Waals surface area contributed by atoms with Gasteiger partial charge in [0.25, 0.3) is 0 Å². The molecule has 1 heterocycles. The highest BCUT2D eigenvalue weighted by atomic mass is 16.4. The zero-order valence-electron chi connectivity index (χ0n) is 9.11. The van der Waals surface area contributed by atoms with Gasteiger partial charge in [-0.2, -0.15) is 0 Å². The van der Waals surface area contributed by atoms with E-state index >= 15 is 0 Å². The van der Waals surface area contributed by atoms with Crippen LogP contribution in [-0.2, 0) is 9.59 Å². The first-order valence-corrected chi connectivity index (χ1v) is 5.29. The number of terminal acetylenes is 1. The van der Waals surface area contributed by atoms with Gasteiger partial charge >= 0.3 is 5.97 Å². The van der Waals surface area contributed by atoms with Gasteiger partial charge in [0.1, 0.15) is 0 Å². The molecule has 5 heteroatoms. The number of carbonyl (C=O) groups excluding carboxylic acids is 1. The number of hydrogen-bond acceptors (Lipinski definition) is 3. The molecule has 88 valence electrons. The summed E-state index contributed by atoms with van der Waals surface area (Å²) in [5.74, 6) is 1.03. The van der Waals surface area contributed by atoms with E-state index in [9.17, 15) is 9.59 Å². The van der Waals surface area contributed by atoms with Gasteiger partial charge in [-0.1, -0.05) is 5.92 Å². The lowest BCUT2D eigenvalue weighted by Crippen LogP contribution is -2.44. The Hall–Kier alpha value is -1.54. The van der Waals surface area contributed by atoms with E-state index in [4.69, 9.17) is 11.5 Å². The zero-order valence-corrected chi connectivity index (χ0v) is 9.11. The Balaban J connectivity index is 2.34. The molecular weight excluding hydrogens is 208 g/mol. The number of carboxylic acid groups (broad SMARTS) is 1. The Morgan fingerprint density at radius 2 is 2.31 bits per heavy atom. The van der Waals surface area contributed by atoms with E-state index in [2.05, 4.69) is 11.2 Å². The van der Waals surface area contributed by atoms with Crippen molar-refractivity contribution in [1.82, 2.24) is 10.2 Å². The number of nitrogens with zero attached hydrogens (tertiary/aromatic N) is 1. The maximum atomic E-state index is 11.4. The highest BCUT2D eigenvalue weighted by molar-refractivity contribution is 5.78. The minimum Gasteiger partial charge on any atom is -0.481 e. The van der Waals surface area contributed by atoms with Gasteiger partial charge in [0.2, 0.25) is 5.91 Å². The third kappa shape index (κ3) is 3.91. The SMILES string of the molecule is C#CCNC(=O)CN1CCCC(C(=O)O)C1. The van der Waals surface area contributed by atoms with Crippen LogP contribution in [0.5, 0.6) is 0 Å². The van der Waals surface area contributed by atoms with Crippen LogP contribution in [0, 0.1) is 18.3 Å². The van der Waals surface area contributed by atoms with Crippen molar-refractivity contribution in [3.05, 3.63) is 0 Å². The summed E-state index contributed by atoms with van der Waals surface area (Å²) in [6.45, 7) is 1.66. The molecule has 2 N–H and O–H groups in total. The summed E-state index contributed by atoms with van der Waals surface area (Å²) in [5, 5.41) is 11.4. The lowest BCUT2D eigenvalue weighted by molar-refractivity contribution is -0.144. The topological polar surface area (TPSA) is 69.6 Å². The van der Waals surface area contributed by atoms with E-state index in [0.29, 0.717) is 13.0 Å². The van der Waals surface area contributed by atoms with Crippen molar-refractivity contribution in [2.75, 3.05) is 26.2 Å². The molecule has 0 saturated carbocycles. The van der Waals surface area contributed by atoms with Gasteiger partial charge in [-0.25, -0.2) is 0 Å². The molecule has 0 bridgehead atoms. The van der Waals surface area contributed by atoms with Gasteiger partial charge in [0.05, 0.1) is 19.0 Å². The van der Waals surface area contributed by atoms with Crippen molar-refractivity contribution in [1.29, 1.82) is 0 Å². The Morgan fingerprint density at radius 1 is 1.56 bits per heavy atom. The average Bonchev–Trinajstić information content (AvgIpc) is 2.26. The molecule has 0 aromatic carbocycles. The molecule has 0 spiro atoms. The molecule has 16 heavy (non-hydrogen) atoms. The zero-order chi connectivity index (χ0) is 12.0. The second kappa shape index (κ2) is 6.13. The minimum atomic E-state index is -0.784. The summed E-state index contributed by atoms with van der Waals surface area (Å²) in [6.07, 6.45) is 6.53. The summed E-state index contributed by atoms with van der Waals surface area (Å²) < 4.78 is 0. The Kier molecular flexibility index (Phi) is 4.80. The van der Waals surface area contributed by atoms with Crippen molar-refractivity contribution in [2.45, 2.75) is 12.8 Å². The van der Waals surface area contributed by atoms with Crippen LogP contribution in [0.3, 0.4) is 0 Å². The molecule has 1 rings (SSSR count). The van der Waals surface area contributed by atoms with Gasteiger partial charge in [0.15, 0.2) is 0 Å². The second-order valence-electron chi connectivity index (χ2n) is 3.89. The Morgan fingerprint density at radius 3 is 2.94 bits per heavy atom. The standard InChI is InChI=1S/C11H16N2O3/c1-2-5-12-10(14)8-13-6-3-4-9(7-13)11(15)16/h1,9H,3-8H2,(H,12,14)(H,15,16). The number of hydrogen-bond donors (Lipinski definition) is 2. The molecule has 1 saturated heterocycles. The molecule has 0 radical (unpaired) electrons. The first-order valence-electron chi connectivity index (χ1n) is 5.29. The third-order valence-corrected chi connectivity index (χ3v) is 2.61. The molecule has 1 unspecified atom stereocenters. The molecule has 1 fully saturated rings. The van der Waals surface area contributed by atoms with Gasteiger partial charge in [0, 0.05) is 6.54 Å².